The number of Topliss-reactive ketones (excluding diaryl/α,β-unsaturated/α-hetero) is 1. The Hall–Kier alpha value is -3.13. The maximum atomic E-state index is 13.3. The molecule has 2 aliphatic rings. The lowest BCUT2D eigenvalue weighted by Crippen LogP contribution is -2.47. The van der Waals surface area contributed by atoms with Gasteiger partial charge in [-0.15, -0.1) is 0 Å². The Balaban J connectivity index is 1.96. The number of hydrogen-bond donors (Lipinski definition) is 3. The number of rotatable bonds is 2. The molecule has 36 heavy (non-hydrogen) atoms. The van der Waals surface area contributed by atoms with E-state index < -0.39 is 11.9 Å². The second-order valence-corrected chi connectivity index (χ2v) is 11.5. The highest BCUT2D eigenvalue weighted by atomic mass is 16.2. The number of nitrogens with one attached hydrogen (secondary N) is 1. The minimum atomic E-state index is -0.606. The van der Waals surface area contributed by atoms with Gasteiger partial charge in [-0.25, -0.2) is 0 Å². The van der Waals surface area contributed by atoms with Crippen molar-refractivity contribution >= 4 is 23.3 Å². The number of carbonyl (C=O) groups excluding carboxylic acids is 3. The van der Waals surface area contributed by atoms with E-state index in [0.29, 0.717) is 37.2 Å². The highest BCUT2D eigenvalue weighted by Gasteiger charge is 2.37. The first kappa shape index (κ1) is 25.9. The largest absolute Gasteiger partial charge is 0.382 e. The van der Waals surface area contributed by atoms with Crippen molar-refractivity contribution in [1.82, 2.24) is 9.47 Å². The van der Waals surface area contributed by atoms with E-state index in [9.17, 15) is 14.4 Å². The lowest BCUT2D eigenvalue weighted by Gasteiger charge is -2.33. The molecule has 2 amide bonds. The fraction of sp³-hybridized carbons (Fsp3) is 0.536. The van der Waals surface area contributed by atoms with E-state index >= 15 is 0 Å². The van der Waals surface area contributed by atoms with Crippen molar-refractivity contribution in [2.45, 2.75) is 72.9 Å². The van der Waals surface area contributed by atoms with Crippen LogP contribution in [0.3, 0.4) is 0 Å². The van der Waals surface area contributed by atoms with E-state index in [-0.39, 0.29) is 29.1 Å². The van der Waals surface area contributed by atoms with E-state index in [1.807, 2.05) is 30.9 Å². The molecule has 5 N–H and O–H groups in total. The Bertz CT molecular complexity index is 1230. The van der Waals surface area contributed by atoms with Gasteiger partial charge in [0.1, 0.15) is 0 Å². The predicted octanol–water partition coefficient (Wildman–Crippen LogP) is 3.21. The van der Waals surface area contributed by atoms with Crippen molar-refractivity contribution in [1.29, 1.82) is 0 Å². The molecular weight excluding hydrogens is 454 g/mol. The molecule has 1 aliphatic heterocycles. The monoisotopic (exact) mass is 493 g/mol. The quantitative estimate of drug-likeness (QED) is 0.593. The van der Waals surface area contributed by atoms with Crippen LogP contribution in [-0.2, 0) is 17.6 Å². The van der Waals surface area contributed by atoms with Gasteiger partial charge >= 0.3 is 0 Å². The zero-order valence-electron chi connectivity index (χ0n) is 22.3. The third-order valence-electron chi connectivity index (χ3n) is 7.79. The Morgan fingerprint density at radius 1 is 1.17 bits per heavy atom. The van der Waals surface area contributed by atoms with Crippen molar-refractivity contribution < 1.29 is 14.4 Å². The van der Waals surface area contributed by atoms with Crippen LogP contribution in [0.5, 0.6) is 0 Å². The van der Waals surface area contributed by atoms with E-state index in [0.717, 1.165) is 34.6 Å². The maximum Gasteiger partial charge on any atom is 0.250 e. The summed E-state index contributed by atoms with van der Waals surface area (Å²) < 4.78 is 2.17. The Labute approximate surface area is 213 Å². The molecule has 2 aromatic rings. The first-order valence-corrected chi connectivity index (χ1v) is 12.8. The number of amides is 2. The topological polar surface area (TPSA) is 123 Å². The third kappa shape index (κ3) is 4.66. The second-order valence-electron chi connectivity index (χ2n) is 11.5. The SMILES string of the molecule is Cc1c2c(n3c1CCN(C(=O)C(C)N)CC(C)C(C)Nc1cc-3ccc1C(N)=O)CC(C)(C)CC2=O. The van der Waals surface area contributed by atoms with Crippen LogP contribution in [0.15, 0.2) is 18.2 Å². The molecule has 8 heteroatoms. The van der Waals surface area contributed by atoms with Crippen molar-refractivity contribution in [3.8, 4) is 5.69 Å². The third-order valence-corrected chi connectivity index (χ3v) is 7.79. The Kier molecular flexibility index (Phi) is 6.77. The van der Waals surface area contributed by atoms with Crippen LogP contribution in [0, 0.1) is 18.3 Å². The Morgan fingerprint density at radius 3 is 2.50 bits per heavy atom. The number of carbonyl (C=O) groups is 3. The highest BCUT2D eigenvalue weighted by molar-refractivity contribution is 6.01. The number of benzene rings is 1. The summed E-state index contributed by atoms with van der Waals surface area (Å²) in [5, 5.41) is 3.48. The number of nitrogens with zero attached hydrogens (tertiary/aromatic N) is 2. The number of hydrogen-bond acceptors (Lipinski definition) is 5. The first-order chi connectivity index (χ1) is 16.8. The molecule has 1 aliphatic carbocycles. The lowest BCUT2D eigenvalue weighted by atomic mass is 9.75. The number of primary amides is 1. The smallest absolute Gasteiger partial charge is 0.250 e. The van der Waals surface area contributed by atoms with Crippen LogP contribution in [0.2, 0.25) is 0 Å². The molecule has 0 radical (unpaired) electrons. The molecular formula is C28H39N5O3. The standard InChI is InChI=1S/C28H39N5O3/c1-15-14-32(27(36)17(3)29)10-9-22-16(2)25-23(12-28(5,6)13-24(25)34)33(22)19-7-8-20(26(30)35)21(11-19)31-18(15)4/h7-8,11,15,17-18,31H,9-10,12-14,29H2,1-6H3,(H2,30,35). The van der Waals surface area contributed by atoms with Crippen molar-refractivity contribution in [2.24, 2.45) is 22.8 Å². The summed E-state index contributed by atoms with van der Waals surface area (Å²) in [6, 6.07) is 4.97. The minimum Gasteiger partial charge on any atom is -0.382 e. The molecule has 2 bridgehead atoms. The molecule has 1 aromatic carbocycles. The van der Waals surface area contributed by atoms with Crippen molar-refractivity contribution in [3.05, 3.63) is 46.3 Å². The maximum absolute atomic E-state index is 13.3. The summed E-state index contributed by atoms with van der Waals surface area (Å²) in [6.07, 6.45) is 1.85. The van der Waals surface area contributed by atoms with E-state index in [2.05, 4.69) is 30.7 Å². The van der Waals surface area contributed by atoms with E-state index in [1.54, 1.807) is 13.0 Å². The molecule has 3 atom stereocenters. The van der Waals surface area contributed by atoms with Crippen LogP contribution in [0.4, 0.5) is 5.69 Å². The van der Waals surface area contributed by atoms with Crippen LogP contribution in [-0.4, -0.2) is 52.2 Å². The van der Waals surface area contributed by atoms with Gasteiger partial charge in [0.25, 0.3) is 5.91 Å². The predicted molar refractivity (Wildman–Crippen MR) is 142 cm³/mol. The Morgan fingerprint density at radius 2 is 1.86 bits per heavy atom. The van der Waals surface area contributed by atoms with Crippen LogP contribution < -0.4 is 16.8 Å². The van der Waals surface area contributed by atoms with Gasteiger partial charge in [0.15, 0.2) is 5.78 Å². The number of fused-ring (bicyclic) bond motifs is 6. The number of anilines is 1. The van der Waals surface area contributed by atoms with Gasteiger partial charge in [-0.05, 0) is 62.3 Å². The molecule has 194 valence electrons. The van der Waals surface area contributed by atoms with Crippen LogP contribution in [0.25, 0.3) is 5.69 Å². The zero-order chi connectivity index (χ0) is 26.5. The molecule has 0 saturated heterocycles. The van der Waals surface area contributed by atoms with Crippen LogP contribution in [0.1, 0.15) is 78.7 Å². The lowest BCUT2D eigenvalue weighted by molar-refractivity contribution is -0.132. The summed E-state index contributed by atoms with van der Waals surface area (Å²) in [7, 11) is 0. The summed E-state index contributed by atoms with van der Waals surface area (Å²) in [5.41, 5.74) is 17.3. The molecule has 3 unspecified atom stereocenters. The normalized spacial score (nSPS) is 22.4. The first-order valence-electron chi connectivity index (χ1n) is 12.8. The summed E-state index contributed by atoms with van der Waals surface area (Å²) in [6.45, 7) is 13.1. The average molecular weight is 494 g/mol. The van der Waals surface area contributed by atoms with Gasteiger partial charge in [-0.1, -0.05) is 20.8 Å². The summed E-state index contributed by atoms with van der Waals surface area (Å²) in [5.74, 6) is -0.368. The highest BCUT2D eigenvalue weighted by Crippen LogP contribution is 2.40. The van der Waals surface area contributed by atoms with Gasteiger partial charge < -0.3 is 26.3 Å². The number of nitrogens with two attached hydrogens (primary N) is 2. The molecule has 4 rings (SSSR count). The summed E-state index contributed by atoms with van der Waals surface area (Å²) in [4.78, 5) is 40.5. The number of ketones is 1. The van der Waals surface area contributed by atoms with Crippen molar-refractivity contribution in [2.75, 3.05) is 18.4 Å². The number of aromatic nitrogens is 1. The summed E-state index contributed by atoms with van der Waals surface area (Å²) >= 11 is 0. The fourth-order valence-electron chi connectivity index (χ4n) is 5.71. The van der Waals surface area contributed by atoms with Gasteiger partial charge in [0.05, 0.1) is 11.6 Å². The molecule has 0 fully saturated rings. The second kappa shape index (κ2) is 9.39. The minimum absolute atomic E-state index is 0.0403. The van der Waals surface area contributed by atoms with Crippen LogP contribution >= 0.6 is 0 Å². The van der Waals surface area contributed by atoms with Gasteiger partial charge in [0.2, 0.25) is 5.91 Å². The molecule has 2 heterocycles. The molecule has 0 spiro atoms. The van der Waals surface area contributed by atoms with E-state index in [4.69, 9.17) is 11.5 Å². The van der Waals surface area contributed by atoms with Gasteiger partial charge in [0, 0.05) is 60.3 Å². The van der Waals surface area contributed by atoms with Gasteiger partial charge in [-0.3, -0.25) is 14.4 Å². The fourth-order valence-corrected chi connectivity index (χ4v) is 5.71. The zero-order valence-corrected chi connectivity index (χ0v) is 22.3. The molecule has 8 nitrogen and oxygen atoms in total. The van der Waals surface area contributed by atoms with Crippen molar-refractivity contribution in [3.63, 3.8) is 0 Å². The van der Waals surface area contributed by atoms with Gasteiger partial charge in [-0.2, -0.15) is 0 Å². The molecule has 1 aromatic heterocycles. The average Bonchev–Trinajstić information content (AvgIpc) is 3.05. The van der Waals surface area contributed by atoms with E-state index in [1.165, 1.54) is 0 Å². The molecule has 0 saturated carbocycles.